The Morgan fingerprint density at radius 3 is 2.81 bits per heavy atom. The van der Waals surface area contributed by atoms with E-state index in [4.69, 9.17) is 9.47 Å². The molecule has 0 spiro atoms. The van der Waals surface area contributed by atoms with E-state index in [1.807, 2.05) is 18.2 Å². The van der Waals surface area contributed by atoms with E-state index in [1.165, 1.54) is 5.56 Å². The second-order valence-corrected chi connectivity index (χ2v) is 6.40. The Morgan fingerprint density at radius 1 is 1.38 bits per heavy atom. The first-order chi connectivity index (χ1) is 9.94. The minimum absolute atomic E-state index is 0.188. The maximum Gasteiger partial charge on any atom is 0.324 e. The highest BCUT2D eigenvalue weighted by Crippen LogP contribution is 2.54. The van der Waals surface area contributed by atoms with Crippen LogP contribution >= 0.6 is 0 Å². The van der Waals surface area contributed by atoms with Gasteiger partial charge in [-0.15, -0.1) is 0 Å². The molecule has 4 heteroatoms. The van der Waals surface area contributed by atoms with E-state index in [2.05, 4.69) is 19.9 Å². The molecule has 1 aliphatic heterocycles. The van der Waals surface area contributed by atoms with Crippen molar-refractivity contribution in [2.45, 2.75) is 32.6 Å². The molecule has 0 aromatic heterocycles. The van der Waals surface area contributed by atoms with Gasteiger partial charge in [-0.3, -0.25) is 9.59 Å². The zero-order chi connectivity index (χ0) is 15.3. The lowest BCUT2D eigenvalue weighted by Gasteiger charge is -2.45. The third-order valence-electron chi connectivity index (χ3n) is 5.03. The van der Waals surface area contributed by atoms with Crippen LogP contribution in [0.25, 0.3) is 0 Å². The quantitative estimate of drug-likeness (QED) is 0.618. The molecule has 112 valence electrons. The number of benzene rings is 1. The van der Waals surface area contributed by atoms with Gasteiger partial charge < -0.3 is 9.47 Å². The van der Waals surface area contributed by atoms with Crippen LogP contribution in [0.1, 0.15) is 31.9 Å². The van der Waals surface area contributed by atoms with Crippen molar-refractivity contribution in [1.82, 2.24) is 0 Å². The molecule has 0 unspecified atom stereocenters. The van der Waals surface area contributed by atoms with Gasteiger partial charge >= 0.3 is 11.9 Å². The Balaban J connectivity index is 2.18. The minimum atomic E-state index is -1.19. The zero-order valence-electron chi connectivity index (χ0n) is 12.6. The highest BCUT2D eigenvalue weighted by atomic mass is 16.6. The van der Waals surface area contributed by atoms with Crippen LogP contribution in [-0.4, -0.2) is 25.2 Å². The van der Waals surface area contributed by atoms with Crippen LogP contribution in [0.15, 0.2) is 24.3 Å². The lowest BCUT2D eigenvalue weighted by Crippen LogP contribution is -2.54. The second-order valence-electron chi connectivity index (χ2n) is 6.40. The number of cyclic esters (lactones) is 1. The summed E-state index contributed by atoms with van der Waals surface area (Å²) in [6.45, 7) is 6.45. The molecule has 0 amide bonds. The standard InChI is InChI=1S/C17H20O4/c1-4-20-14(18)17-9-11-7-5-6-8-12(11)16(2,3)13(17)10-21-15(17)19/h5-8,13H,4,9-10H2,1-3H3/t13-,17-/m1/s1. The molecule has 3 rings (SSSR count). The lowest BCUT2D eigenvalue weighted by molar-refractivity contribution is -0.167. The first-order valence-corrected chi connectivity index (χ1v) is 7.37. The summed E-state index contributed by atoms with van der Waals surface area (Å²) < 4.78 is 10.5. The molecule has 1 fully saturated rings. The monoisotopic (exact) mass is 288 g/mol. The summed E-state index contributed by atoms with van der Waals surface area (Å²) in [5.41, 5.74) is 0.723. The molecule has 0 bridgehead atoms. The van der Waals surface area contributed by atoms with E-state index in [0.717, 1.165) is 5.56 Å². The van der Waals surface area contributed by atoms with E-state index in [0.29, 0.717) is 6.42 Å². The molecule has 1 aromatic carbocycles. The van der Waals surface area contributed by atoms with E-state index < -0.39 is 17.4 Å². The topological polar surface area (TPSA) is 52.6 Å². The van der Waals surface area contributed by atoms with Crippen molar-refractivity contribution in [2.75, 3.05) is 13.2 Å². The Bertz CT molecular complexity index is 605. The molecular weight excluding hydrogens is 268 g/mol. The van der Waals surface area contributed by atoms with Crippen molar-refractivity contribution in [1.29, 1.82) is 0 Å². The van der Waals surface area contributed by atoms with E-state index in [9.17, 15) is 9.59 Å². The molecule has 4 nitrogen and oxygen atoms in total. The Morgan fingerprint density at radius 2 is 2.10 bits per heavy atom. The summed E-state index contributed by atoms with van der Waals surface area (Å²) in [5.74, 6) is -1.07. The van der Waals surface area contributed by atoms with Gasteiger partial charge in [-0.2, -0.15) is 0 Å². The van der Waals surface area contributed by atoms with Crippen LogP contribution < -0.4 is 0 Å². The molecule has 1 saturated heterocycles. The molecule has 1 aromatic rings. The summed E-state index contributed by atoms with van der Waals surface area (Å²) in [4.78, 5) is 25.0. The van der Waals surface area contributed by atoms with Crippen LogP contribution in [0.4, 0.5) is 0 Å². The third kappa shape index (κ3) is 1.74. The molecule has 1 aliphatic carbocycles. The molecular formula is C17H20O4. The van der Waals surface area contributed by atoms with Gasteiger partial charge in [-0.25, -0.2) is 0 Å². The van der Waals surface area contributed by atoms with Crippen molar-refractivity contribution in [2.24, 2.45) is 11.3 Å². The van der Waals surface area contributed by atoms with Crippen LogP contribution in [0.3, 0.4) is 0 Å². The molecule has 2 atom stereocenters. The van der Waals surface area contributed by atoms with Gasteiger partial charge in [0.2, 0.25) is 0 Å². The van der Waals surface area contributed by atoms with Gasteiger partial charge in [0, 0.05) is 5.92 Å². The fourth-order valence-corrected chi connectivity index (χ4v) is 3.94. The van der Waals surface area contributed by atoms with Crippen LogP contribution in [0.2, 0.25) is 0 Å². The molecule has 2 aliphatic rings. The normalized spacial score (nSPS) is 29.3. The fourth-order valence-electron chi connectivity index (χ4n) is 3.94. The highest BCUT2D eigenvalue weighted by molar-refractivity contribution is 6.02. The molecule has 0 radical (unpaired) electrons. The number of esters is 2. The largest absolute Gasteiger partial charge is 0.465 e. The number of fused-ring (bicyclic) bond motifs is 2. The number of carbonyl (C=O) groups excluding carboxylic acids is 2. The van der Waals surface area contributed by atoms with Crippen LogP contribution in [0, 0.1) is 11.3 Å². The predicted octanol–water partition coefficient (Wildman–Crippen LogP) is 2.24. The second kappa shape index (κ2) is 4.58. The maximum atomic E-state index is 12.6. The number of rotatable bonds is 2. The van der Waals surface area contributed by atoms with E-state index in [-0.39, 0.29) is 24.5 Å². The summed E-state index contributed by atoms with van der Waals surface area (Å²) in [6, 6.07) is 8.00. The zero-order valence-corrected chi connectivity index (χ0v) is 12.6. The van der Waals surface area contributed by atoms with Gasteiger partial charge in [-0.05, 0) is 29.9 Å². The molecule has 0 N–H and O–H groups in total. The average Bonchev–Trinajstić information content (AvgIpc) is 2.79. The maximum absolute atomic E-state index is 12.6. The summed E-state index contributed by atoms with van der Waals surface area (Å²) >= 11 is 0. The third-order valence-corrected chi connectivity index (χ3v) is 5.03. The molecule has 1 heterocycles. The summed E-state index contributed by atoms with van der Waals surface area (Å²) in [5, 5.41) is 0. The van der Waals surface area contributed by atoms with Gasteiger partial charge in [-0.1, -0.05) is 38.1 Å². The molecule has 21 heavy (non-hydrogen) atoms. The van der Waals surface area contributed by atoms with E-state index in [1.54, 1.807) is 6.92 Å². The van der Waals surface area contributed by atoms with Crippen molar-refractivity contribution in [3.8, 4) is 0 Å². The predicted molar refractivity (Wildman–Crippen MR) is 76.7 cm³/mol. The van der Waals surface area contributed by atoms with Crippen molar-refractivity contribution >= 4 is 11.9 Å². The smallest absolute Gasteiger partial charge is 0.324 e. The number of carbonyl (C=O) groups is 2. The van der Waals surface area contributed by atoms with E-state index >= 15 is 0 Å². The Kier molecular flexibility index (Phi) is 3.08. The van der Waals surface area contributed by atoms with Gasteiger partial charge in [0.15, 0.2) is 5.41 Å². The number of hydrogen-bond acceptors (Lipinski definition) is 4. The Labute approximate surface area is 124 Å². The fraction of sp³-hybridized carbons (Fsp3) is 0.529. The summed E-state index contributed by atoms with van der Waals surface area (Å²) in [6.07, 6.45) is 0.370. The number of ether oxygens (including phenoxy) is 2. The first kappa shape index (κ1) is 14.1. The average molecular weight is 288 g/mol. The minimum Gasteiger partial charge on any atom is -0.465 e. The Hall–Kier alpha value is -1.84. The molecule has 0 saturated carbocycles. The lowest BCUT2D eigenvalue weighted by atomic mass is 9.55. The van der Waals surface area contributed by atoms with Crippen molar-refractivity contribution in [3.63, 3.8) is 0 Å². The highest BCUT2D eigenvalue weighted by Gasteiger charge is 2.66. The van der Waals surface area contributed by atoms with Crippen molar-refractivity contribution in [3.05, 3.63) is 35.4 Å². The van der Waals surface area contributed by atoms with Crippen molar-refractivity contribution < 1.29 is 19.1 Å². The van der Waals surface area contributed by atoms with Crippen LogP contribution in [-0.2, 0) is 30.9 Å². The SMILES string of the molecule is CCOC(=O)[C@@]12Cc3ccccc3C(C)(C)[C@H]1COC2=O. The van der Waals surface area contributed by atoms with Gasteiger partial charge in [0.25, 0.3) is 0 Å². The number of hydrogen-bond donors (Lipinski definition) is 0. The van der Waals surface area contributed by atoms with Gasteiger partial charge in [0.1, 0.15) is 0 Å². The first-order valence-electron chi connectivity index (χ1n) is 7.37. The summed E-state index contributed by atoms with van der Waals surface area (Å²) in [7, 11) is 0. The van der Waals surface area contributed by atoms with Crippen LogP contribution in [0.5, 0.6) is 0 Å². The van der Waals surface area contributed by atoms with Gasteiger partial charge in [0.05, 0.1) is 13.2 Å².